The maximum atomic E-state index is 11.2. The molecule has 0 saturated heterocycles. The molecule has 1 aliphatic heterocycles. The molecule has 65 heavy (non-hydrogen) atoms. The van der Waals surface area contributed by atoms with Gasteiger partial charge < -0.3 is 10.0 Å². The Hall–Kier alpha value is -6.61. The first-order valence-electron chi connectivity index (χ1n) is 22.3. The van der Waals surface area contributed by atoms with Crippen molar-refractivity contribution in [1.29, 1.82) is 0 Å². The van der Waals surface area contributed by atoms with Gasteiger partial charge in [-0.05, 0) is 80.6 Å². The Morgan fingerprint density at radius 2 is 1.17 bits per heavy atom. The number of rotatable bonds is 7. The number of para-hydroxylation sites is 3. The maximum absolute atomic E-state index is 11.2. The Morgan fingerprint density at radius 1 is 0.538 bits per heavy atom. The first-order chi connectivity index (χ1) is 30.9. The van der Waals surface area contributed by atoms with Gasteiger partial charge in [0.1, 0.15) is 5.75 Å². The van der Waals surface area contributed by atoms with Gasteiger partial charge >= 0.3 is 0 Å². The van der Waals surface area contributed by atoms with Crippen molar-refractivity contribution in [1.82, 2.24) is 9.97 Å². The quantitative estimate of drug-likeness (QED) is 0.162. The van der Waals surface area contributed by atoms with Crippen LogP contribution in [0.3, 0.4) is 0 Å². The molecule has 2 unspecified atom stereocenters. The Morgan fingerprint density at radius 3 is 1.89 bits per heavy atom. The van der Waals surface area contributed by atoms with Crippen LogP contribution in [0.15, 0.2) is 188 Å². The summed E-state index contributed by atoms with van der Waals surface area (Å²) in [5.74, 6) is 0.435. The van der Waals surface area contributed by atoms with E-state index in [0.717, 1.165) is 55.9 Å². The minimum Gasteiger partial charge on any atom is -0.507 e. The van der Waals surface area contributed by atoms with E-state index in [0.29, 0.717) is 11.3 Å². The van der Waals surface area contributed by atoms with E-state index in [9.17, 15) is 5.11 Å². The third-order valence-electron chi connectivity index (χ3n) is 12.7. The average Bonchev–Trinajstić information content (AvgIpc) is 3.66. The van der Waals surface area contributed by atoms with Crippen LogP contribution < -0.4 is 4.90 Å². The van der Waals surface area contributed by atoms with E-state index < -0.39 is 0 Å². The first-order valence-corrected chi connectivity index (χ1v) is 22.3. The molecule has 10 rings (SSSR count). The summed E-state index contributed by atoms with van der Waals surface area (Å²) in [6.45, 7) is 13.6. The number of hydrogen-bond donors (Lipinski definition) is 1. The second kappa shape index (κ2) is 17.4. The molecule has 0 saturated carbocycles. The van der Waals surface area contributed by atoms with Crippen molar-refractivity contribution in [3.63, 3.8) is 0 Å². The van der Waals surface area contributed by atoms with Crippen LogP contribution in [0.25, 0.3) is 67.2 Å². The molecule has 0 amide bonds. The van der Waals surface area contributed by atoms with Crippen molar-refractivity contribution in [3.05, 3.63) is 211 Å². The minimum atomic E-state index is -0.0597. The van der Waals surface area contributed by atoms with Crippen LogP contribution in [0.2, 0.25) is 0 Å². The molecule has 2 aliphatic rings. The van der Waals surface area contributed by atoms with Gasteiger partial charge in [-0.25, -0.2) is 0 Å². The predicted molar refractivity (Wildman–Crippen MR) is 266 cm³/mol. The monoisotopic (exact) mass is 1030 g/mol. The van der Waals surface area contributed by atoms with Gasteiger partial charge in [0.05, 0.1) is 17.4 Å². The molecule has 2 atom stereocenters. The molecule has 324 valence electrons. The minimum absolute atomic E-state index is 0. The van der Waals surface area contributed by atoms with E-state index in [4.69, 9.17) is 9.97 Å². The molecule has 0 fully saturated rings. The number of benzene rings is 6. The van der Waals surface area contributed by atoms with Gasteiger partial charge in [0.25, 0.3) is 0 Å². The molecule has 6 aromatic carbocycles. The van der Waals surface area contributed by atoms with Crippen LogP contribution in [0.5, 0.6) is 5.75 Å². The average molecular weight is 1030 g/mol. The summed E-state index contributed by atoms with van der Waals surface area (Å²) in [5.41, 5.74) is 17.3. The number of allylic oxidation sites excluding steroid dienone is 2. The summed E-state index contributed by atoms with van der Waals surface area (Å²) >= 11 is 0. The van der Waals surface area contributed by atoms with E-state index in [-0.39, 0.29) is 49.6 Å². The van der Waals surface area contributed by atoms with Gasteiger partial charge in [-0.3, -0.25) is 9.97 Å². The van der Waals surface area contributed by atoms with Gasteiger partial charge in [0, 0.05) is 61.4 Å². The van der Waals surface area contributed by atoms with Crippen molar-refractivity contribution in [2.45, 2.75) is 64.3 Å². The topological polar surface area (TPSA) is 49.2 Å². The van der Waals surface area contributed by atoms with Crippen molar-refractivity contribution in [3.8, 4) is 72.9 Å². The van der Waals surface area contributed by atoms with Gasteiger partial charge in [0.2, 0.25) is 0 Å². The number of nitrogens with zero attached hydrogens (tertiary/aromatic N) is 3. The van der Waals surface area contributed by atoms with Crippen molar-refractivity contribution in [2.24, 2.45) is 0 Å². The standard InChI is InChI=1S/C60H52N3O.Pt/c1-59(2,3)44-32-42(33-45(38-44)60(4,5)6)43-36-53(62-55(37-43)51-23-14-16-27-57(51)64)41-28-29-47(39-18-9-7-10-19-39)52(34-41)54-35-40(30-31-61-54)48-24-17-25-50-49-22-13-15-26-56(49)63(58(48)50)46-20-11-8-12-21-46;/h7-33,35-38,49,56,64H,1-6H3;/q-1;. The predicted octanol–water partition coefficient (Wildman–Crippen LogP) is 15.3. The number of hydrogen-bond acceptors (Lipinski definition) is 4. The molecule has 1 aliphatic carbocycles. The van der Waals surface area contributed by atoms with Crippen molar-refractivity contribution in [2.75, 3.05) is 4.90 Å². The Kier molecular flexibility index (Phi) is 11.7. The summed E-state index contributed by atoms with van der Waals surface area (Å²) < 4.78 is 0. The Labute approximate surface area is 398 Å². The molecule has 0 bridgehead atoms. The van der Waals surface area contributed by atoms with E-state index in [1.54, 1.807) is 6.07 Å². The fourth-order valence-corrected chi connectivity index (χ4v) is 9.26. The van der Waals surface area contributed by atoms with E-state index >= 15 is 0 Å². The number of aromatic hydroxyl groups is 1. The fourth-order valence-electron chi connectivity index (χ4n) is 9.26. The molecule has 2 aromatic heterocycles. The van der Waals surface area contributed by atoms with Crippen molar-refractivity contribution < 1.29 is 26.2 Å². The van der Waals surface area contributed by atoms with Gasteiger partial charge in [-0.1, -0.05) is 197 Å². The third-order valence-corrected chi connectivity index (χ3v) is 12.7. The first kappa shape index (κ1) is 43.6. The SMILES string of the molecule is CC(C)(C)c1cc(-c2cc(-c3[c-]c(-c4cc(-c5cccc6c5N(c5ccccc5)C5C=CC=CC65)ccn4)c(-c4ccccc4)cc3)nc(-c3ccccc3O)c2)cc(C(C)(C)C)c1.[Pt]. The van der Waals surface area contributed by atoms with E-state index in [1.165, 1.54) is 28.1 Å². The summed E-state index contributed by atoms with van der Waals surface area (Å²) in [4.78, 5) is 12.9. The maximum Gasteiger partial charge on any atom is 0.124 e. The van der Waals surface area contributed by atoms with Crippen LogP contribution in [-0.2, 0) is 31.9 Å². The van der Waals surface area contributed by atoms with Crippen LogP contribution in [-0.4, -0.2) is 21.1 Å². The number of fused-ring (bicyclic) bond motifs is 3. The molecule has 1 N–H and O–H groups in total. The van der Waals surface area contributed by atoms with Gasteiger partial charge in [-0.15, -0.1) is 18.2 Å². The number of phenolic OH excluding ortho intramolecular Hbond substituents is 1. The summed E-state index contributed by atoms with van der Waals surface area (Å²) in [5, 5.41) is 11.2. The Bertz CT molecular complexity index is 3070. The zero-order valence-electron chi connectivity index (χ0n) is 37.7. The second-order valence-electron chi connectivity index (χ2n) is 19.1. The van der Waals surface area contributed by atoms with Crippen LogP contribution in [0.4, 0.5) is 11.4 Å². The van der Waals surface area contributed by atoms with E-state index in [2.05, 4.69) is 204 Å². The van der Waals surface area contributed by atoms with Gasteiger partial charge in [-0.2, -0.15) is 0 Å². The molecule has 8 aromatic rings. The molecule has 4 nitrogen and oxygen atoms in total. The third kappa shape index (κ3) is 8.44. The second-order valence-corrected chi connectivity index (χ2v) is 19.1. The zero-order valence-corrected chi connectivity index (χ0v) is 39.9. The summed E-state index contributed by atoms with van der Waals surface area (Å²) in [6, 6.07) is 59.3. The van der Waals surface area contributed by atoms with Gasteiger partial charge in [0.15, 0.2) is 0 Å². The molecular formula is C60H52N3OPt-. The molecule has 5 heteroatoms. The number of aromatic nitrogens is 2. The largest absolute Gasteiger partial charge is 0.507 e. The van der Waals surface area contributed by atoms with Crippen LogP contribution >= 0.6 is 0 Å². The zero-order chi connectivity index (χ0) is 44.2. The number of phenols is 1. The molecule has 0 radical (unpaired) electrons. The normalized spacial score (nSPS) is 15.3. The van der Waals surface area contributed by atoms with Crippen LogP contribution in [0, 0.1) is 6.07 Å². The molecular weight excluding hydrogens is 974 g/mol. The fraction of sp³-hybridized carbons (Fsp3) is 0.167. The smallest absolute Gasteiger partial charge is 0.124 e. The van der Waals surface area contributed by atoms with Crippen molar-refractivity contribution >= 4 is 11.4 Å². The molecule has 3 heterocycles. The Balaban J connectivity index is 0.00000533. The van der Waals surface area contributed by atoms with Crippen LogP contribution in [0.1, 0.15) is 64.2 Å². The summed E-state index contributed by atoms with van der Waals surface area (Å²) in [7, 11) is 0. The molecule has 0 spiro atoms. The number of pyridine rings is 2. The number of anilines is 2. The van der Waals surface area contributed by atoms with E-state index in [1.807, 2.05) is 30.5 Å². The summed E-state index contributed by atoms with van der Waals surface area (Å²) in [6.07, 6.45) is 10.9.